The van der Waals surface area contributed by atoms with Gasteiger partial charge < -0.3 is 9.80 Å². The smallest absolute Gasteiger partial charge is 0.147 e. The van der Waals surface area contributed by atoms with Crippen LogP contribution in [0, 0.1) is 0 Å². The van der Waals surface area contributed by atoms with Crippen molar-refractivity contribution in [3.63, 3.8) is 0 Å². The molecule has 82 valence electrons. The minimum atomic E-state index is 0.953. The maximum absolute atomic E-state index is 4.58. The molecule has 0 spiro atoms. The van der Waals surface area contributed by atoms with Crippen molar-refractivity contribution >= 4 is 5.82 Å². The SMILES string of the molecule is CCc1cncc(N2CCN(C)CC2)n1. The Morgan fingerprint density at radius 1 is 1.20 bits per heavy atom. The largest absolute Gasteiger partial charge is 0.353 e. The zero-order valence-corrected chi connectivity index (χ0v) is 9.48. The van der Waals surface area contributed by atoms with E-state index < -0.39 is 0 Å². The number of likely N-dealkylation sites (N-methyl/N-ethyl adjacent to an activating group) is 1. The molecular weight excluding hydrogens is 188 g/mol. The standard InChI is InChI=1S/C11H18N4/c1-3-10-8-12-9-11(13-10)15-6-4-14(2)5-7-15/h8-9H,3-7H2,1-2H3. The first-order valence-electron chi connectivity index (χ1n) is 5.54. The van der Waals surface area contributed by atoms with E-state index in [-0.39, 0.29) is 0 Å². The van der Waals surface area contributed by atoms with E-state index in [0.717, 1.165) is 44.1 Å². The summed E-state index contributed by atoms with van der Waals surface area (Å²) in [4.78, 5) is 13.5. The van der Waals surface area contributed by atoms with Gasteiger partial charge in [-0.25, -0.2) is 4.98 Å². The molecule has 1 aromatic rings. The van der Waals surface area contributed by atoms with Crippen molar-refractivity contribution in [2.75, 3.05) is 38.1 Å². The van der Waals surface area contributed by atoms with E-state index in [9.17, 15) is 0 Å². The predicted molar refractivity (Wildman–Crippen MR) is 61.1 cm³/mol. The highest BCUT2D eigenvalue weighted by Crippen LogP contribution is 2.12. The van der Waals surface area contributed by atoms with E-state index in [1.165, 1.54) is 0 Å². The summed E-state index contributed by atoms with van der Waals surface area (Å²) in [7, 11) is 2.16. The monoisotopic (exact) mass is 206 g/mol. The van der Waals surface area contributed by atoms with Crippen LogP contribution < -0.4 is 4.90 Å². The summed E-state index contributed by atoms with van der Waals surface area (Å²) < 4.78 is 0. The second-order valence-electron chi connectivity index (χ2n) is 4.01. The third kappa shape index (κ3) is 2.45. The Morgan fingerprint density at radius 3 is 2.60 bits per heavy atom. The molecule has 15 heavy (non-hydrogen) atoms. The van der Waals surface area contributed by atoms with Gasteiger partial charge in [0.15, 0.2) is 0 Å². The number of aryl methyl sites for hydroxylation is 1. The zero-order chi connectivity index (χ0) is 10.7. The Hall–Kier alpha value is -1.16. The third-order valence-corrected chi connectivity index (χ3v) is 2.86. The highest BCUT2D eigenvalue weighted by Gasteiger charge is 2.15. The summed E-state index contributed by atoms with van der Waals surface area (Å²) in [6.45, 7) is 6.44. The summed E-state index contributed by atoms with van der Waals surface area (Å²) in [5.41, 5.74) is 1.08. The fourth-order valence-electron chi connectivity index (χ4n) is 1.75. The summed E-state index contributed by atoms with van der Waals surface area (Å²) in [6, 6.07) is 0. The van der Waals surface area contributed by atoms with Gasteiger partial charge in [-0.15, -0.1) is 0 Å². The van der Waals surface area contributed by atoms with Crippen molar-refractivity contribution in [3.8, 4) is 0 Å². The molecule has 2 heterocycles. The molecule has 2 rings (SSSR count). The van der Waals surface area contributed by atoms with Crippen LogP contribution in [0.15, 0.2) is 12.4 Å². The molecule has 0 saturated carbocycles. The Morgan fingerprint density at radius 2 is 1.93 bits per heavy atom. The van der Waals surface area contributed by atoms with Crippen molar-refractivity contribution in [3.05, 3.63) is 18.1 Å². The molecule has 0 aromatic carbocycles. The molecule has 4 nitrogen and oxygen atoms in total. The Balaban J connectivity index is 2.08. The lowest BCUT2D eigenvalue weighted by molar-refractivity contribution is 0.312. The molecule has 0 unspecified atom stereocenters. The van der Waals surface area contributed by atoms with Crippen LogP contribution in [0.2, 0.25) is 0 Å². The highest BCUT2D eigenvalue weighted by molar-refractivity contribution is 5.36. The average molecular weight is 206 g/mol. The normalized spacial score (nSPS) is 18.1. The Labute approximate surface area is 90.9 Å². The van der Waals surface area contributed by atoms with Gasteiger partial charge in [-0.05, 0) is 13.5 Å². The van der Waals surface area contributed by atoms with Gasteiger partial charge in [-0.1, -0.05) is 6.92 Å². The minimum absolute atomic E-state index is 0.953. The van der Waals surface area contributed by atoms with E-state index >= 15 is 0 Å². The van der Waals surface area contributed by atoms with E-state index in [4.69, 9.17) is 0 Å². The average Bonchev–Trinajstić information content (AvgIpc) is 2.30. The topological polar surface area (TPSA) is 32.3 Å². The molecule has 0 N–H and O–H groups in total. The molecule has 1 aliphatic heterocycles. The second-order valence-corrected chi connectivity index (χ2v) is 4.01. The molecule has 4 heteroatoms. The first-order valence-corrected chi connectivity index (χ1v) is 5.54. The van der Waals surface area contributed by atoms with E-state index in [1.807, 2.05) is 12.4 Å². The minimum Gasteiger partial charge on any atom is -0.353 e. The van der Waals surface area contributed by atoms with Crippen molar-refractivity contribution in [1.82, 2.24) is 14.9 Å². The summed E-state index contributed by atoms with van der Waals surface area (Å²) in [6.07, 6.45) is 4.67. The molecule has 1 aromatic heterocycles. The molecule has 0 amide bonds. The molecule has 0 bridgehead atoms. The molecule has 0 atom stereocenters. The number of aromatic nitrogens is 2. The van der Waals surface area contributed by atoms with Gasteiger partial charge >= 0.3 is 0 Å². The van der Waals surface area contributed by atoms with Crippen molar-refractivity contribution in [1.29, 1.82) is 0 Å². The Kier molecular flexibility index (Phi) is 3.16. The molecule has 1 aliphatic rings. The van der Waals surface area contributed by atoms with Gasteiger partial charge in [0, 0.05) is 32.4 Å². The van der Waals surface area contributed by atoms with Crippen LogP contribution in [0.3, 0.4) is 0 Å². The van der Waals surface area contributed by atoms with Gasteiger partial charge in [0.2, 0.25) is 0 Å². The van der Waals surface area contributed by atoms with Crippen LogP contribution in [-0.2, 0) is 6.42 Å². The predicted octanol–water partition coefficient (Wildman–Crippen LogP) is 0.791. The van der Waals surface area contributed by atoms with E-state index in [1.54, 1.807) is 0 Å². The lowest BCUT2D eigenvalue weighted by atomic mass is 10.3. The third-order valence-electron chi connectivity index (χ3n) is 2.86. The molecular formula is C11H18N4. The fraction of sp³-hybridized carbons (Fsp3) is 0.636. The van der Waals surface area contributed by atoms with E-state index in [0.29, 0.717) is 0 Å². The van der Waals surface area contributed by atoms with Crippen LogP contribution in [0.1, 0.15) is 12.6 Å². The Bertz CT molecular complexity index is 318. The van der Waals surface area contributed by atoms with Gasteiger partial charge in [0.1, 0.15) is 5.82 Å². The number of anilines is 1. The molecule has 1 saturated heterocycles. The summed E-state index contributed by atoms with van der Waals surface area (Å²) in [5.74, 6) is 1.03. The maximum Gasteiger partial charge on any atom is 0.147 e. The van der Waals surface area contributed by atoms with Crippen LogP contribution in [-0.4, -0.2) is 48.1 Å². The maximum atomic E-state index is 4.58. The number of piperazine rings is 1. The molecule has 0 radical (unpaired) electrons. The first kappa shape index (κ1) is 10.4. The summed E-state index contributed by atoms with van der Waals surface area (Å²) >= 11 is 0. The lowest BCUT2D eigenvalue weighted by Gasteiger charge is -2.33. The number of hydrogen-bond donors (Lipinski definition) is 0. The second kappa shape index (κ2) is 4.57. The number of hydrogen-bond acceptors (Lipinski definition) is 4. The quantitative estimate of drug-likeness (QED) is 0.716. The van der Waals surface area contributed by atoms with Crippen LogP contribution >= 0.6 is 0 Å². The van der Waals surface area contributed by atoms with Crippen LogP contribution in [0.25, 0.3) is 0 Å². The van der Waals surface area contributed by atoms with Gasteiger partial charge in [-0.3, -0.25) is 4.98 Å². The van der Waals surface area contributed by atoms with E-state index in [2.05, 4.69) is 33.7 Å². The van der Waals surface area contributed by atoms with Gasteiger partial charge in [-0.2, -0.15) is 0 Å². The highest BCUT2D eigenvalue weighted by atomic mass is 15.3. The fourth-order valence-corrected chi connectivity index (χ4v) is 1.75. The summed E-state index contributed by atoms with van der Waals surface area (Å²) in [5, 5.41) is 0. The molecule has 1 fully saturated rings. The van der Waals surface area contributed by atoms with Crippen LogP contribution in [0.4, 0.5) is 5.82 Å². The van der Waals surface area contributed by atoms with Crippen molar-refractivity contribution < 1.29 is 0 Å². The molecule has 0 aliphatic carbocycles. The van der Waals surface area contributed by atoms with Crippen molar-refractivity contribution in [2.24, 2.45) is 0 Å². The van der Waals surface area contributed by atoms with Gasteiger partial charge in [0.25, 0.3) is 0 Å². The first-order chi connectivity index (χ1) is 7.29. The number of rotatable bonds is 2. The van der Waals surface area contributed by atoms with Crippen molar-refractivity contribution in [2.45, 2.75) is 13.3 Å². The van der Waals surface area contributed by atoms with Crippen LogP contribution in [0.5, 0.6) is 0 Å². The lowest BCUT2D eigenvalue weighted by Crippen LogP contribution is -2.44. The van der Waals surface area contributed by atoms with Gasteiger partial charge in [0.05, 0.1) is 11.9 Å². The zero-order valence-electron chi connectivity index (χ0n) is 9.48. The number of nitrogens with zero attached hydrogens (tertiary/aromatic N) is 4.